The van der Waals surface area contributed by atoms with Crippen molar-refractivity contribution in [1.29, 1.82) is 0 Å². The number of anilines is 2. The van der Waals surface area contributed by atoms with Crippen LogP contribution in [0, 0.1) is 12.8 Å². The van der Waals surface area contributed by atoms with Gasteiger partial charge < -0.3 is 15.0 Å². The zero-order valence-electron chi connectivity index (χ0n) is 18.7. The first-order valence-corrected chi connectivity index (χ1v) is 11.6. The van der Waals surface area contributed by atoms with Crippen LogP contribution in [0.25, 0.3) is 22.6 Å². The molecule has 2 aromatic heterocycles. The Labute approximate surface area is 193 Å². The quantitative estimate of drug-likeness (QED) is 0.629. The van der Waals surface area contributed by atoms with Crippen LogP contribution in [0.3, 0.4) is 0 Å². The average molecular weight is 448 g/mol. The standard InChI is InChI=1S/C24H27N7O2.H2/c1-15-11-17(20-26-14-27-30-20)3-4-18(15)19-12-25-21-22(28-19)31(13-16-5-9-33-10-6-16)24(7-2-8-24)23(32)29-21;/h3-4,11-12,14,16H,2,5-10,13H2,1H3,(H,25,29,32)(H,26,27,30);1H. The molecule has 4 heterocycles. The maximum atomic E-state index is 13.1. The maximum Gasteiger partial charge on any atom is 0.251 e. The van der Waals surface area contributed by atoms with Gasteiger partial charge in [0.05, 0.1) is 11.9 Å². The van der Waals surface area contributed by atoms with E-state index in [1.807, 2.05) is 12.1 Å². The molecule has 1 saturated carbocycles. The summed E-state index contributed by atoms with van der Waals surface area (Å²) in [4.78, 5) is 29.3. The van der Waals surface area contributed by atoms with Crippen LogP contribution in [0.5, 0.6) is 0 Å². The Bertz CT molecular complexity index is 1190. The number of aryl methyl sites for hydroxylation is 1. The van der Waals surface area contributed by atoms with Gasteiger partial charge in [0.2, 0.25) is 0 Å². The second-order valence-corrected chi connectivity index (χ2v) is 9.30. The van der Waals surface area contributed by atoms with Crippen LogP contribution < -0.4 is 10.2 Å². The Morgan fingerprint density at radius 3 is 2.79 bits per heavy atom. The first kappa shape index (κ1) is 20.3. The fourth-order valence-corrected chi connectivity index (χ4v) is 5.23. The number of aromatic amines is 1. The minimum Gasteiger partial charge on any atom is -0.381 e. The van der Waals surface area contributed by atoms with E-state index in [9.17, 15) is 4.79 Å². The zero-order valence-corrected chi connectivity index (χ0v) is 18.7. The molecule has 1 aromatic carbocycles. The smallest absolute Gasteiger partial charge is 0.251 e. The molecule has 0 radical (unpaired) electrons. The van der Waals surface area contributed by atoms with Gasteiger partial charge in [-0.05, 0) is 56.6 Å². The molecule has 2 aliphatic heterocycles. The molecule has 1 spiro atoms. The number of hydrogen-bond donors (Lipinski definition) is 2. The highest BCUT2D eigenvalue weighted by molar-refractivity contribution is 6.05. The minimum absolute atomic E-state index is 0. The van der Waals surface area contributed by atoms with Gasteiger partial charge in [0, 0.05) is 32.3 Å². The molecule has 2 N–H and O–H groups in total. The third kappa shape index (κ3) is 3.38. The third-order valence-corrected chi connectivity index (χ3v) is 7.33. The van der Waals surface area contributed by atoms with Crippen molar-refractivity contribution < 1.29 is 11.0 Å². The predicted octanol–water partition coefficient (Wildman–Crippen LogP) is 3.59. The first-order valence-electron chi connectivity index (χ1n) is 11.6. The van der Waals surface area contributed by atoms with Crippen molar-refractivity contribution in [2.45, 2.75) is 44.6 Å². The number of carbonyl (C=O) groups excluding carboxylic acids is 1. The molecule has 0 atom stereocenters. The molecule has 3 aliphatic rings. The molecule has 6 rings (SSSR count). The lowest BCUT2D eigenvalue weighted by Crippen LogP contribution is -2.65. The third-order valence-electron chi connectivity index (χ3n) is 7.33. The lowest BCUT2D eigenvalue weighted by molar-refractivity contribution is -0.124. The normalized spacial score (nSPS) is 19.8. The largest absolute Gasteiger partial charge is 0.381 e. The average Bonchev–Trinajstić information content (AvgIpc) is 3.34. The Balaban J connectivity index is 0.00000241. The molecule has 1 saturated heterocycles. The molecule has 0 bridgehead atoms. The topological polar surface area (TPSA) is 109 Å². The molecule has 33 heavy (non-hydrogen) atoms. The van der Waals surface area contributed by atoms with E-state index in [0.29, 0.717) is 11.7 Å². The Morgan fingerprint density at radius 2 is 2.09 bits per heavy atom. The number of carbonyl (C=O) groups is 1. The number of ether oxygens (including phenoxy) is 1. The van der Waals surface area contributed by atoms with Crippen molar-refractivity contribution >= 4 is 17.5 Å². The highest BCUT2D eigenvalue weighted by Gasteiger charge is 2.53. The van der Waals surface area contributed by atoms with Crippen LogP contribution >= 0.6 is 0 Å². The number of fused-ring (bicyclic) bond motifs is 1. The number of benzene rings is 1. The number of H-pyrrole nitrogens is 1. The number of nitrogens with one attached hydrogen (secondary N) is 2. The van der Waals surface area contributed by atoms with Crippen molar-refractivity contribution in [1.82, 2.24) is 25.1 Å². The summed E-state index contributed by atoms with van der Waals surface area (Å²) in [5, 5.41) is 9.89. The number of nitrogens with zero attached hydrogens (tertiary/aromatic N) is 5. The van der Waals surface area contributed by atoms with Gasteiger partial charge in [-0.15, -0.1) is 0 Å². The van der Waals surface area contributed by atoms with Gasteiger partial charge in [-0.1, -0.05) is 12.1 Å². The van der Waals surface area contributed by atoms with E-state index in [1.54, 1.807) is 6.20 Å². The zero-order chi connectivity index (χ0) is 22.4. The summed E-state index contributed by atoms with van der Waals surface area (Å²) in [6.45, 7) is 4.44. The minimum atomic E-state index is -0.496. The van der Waals surface area contributed by atoms with Crippen LogP contribution in [0.2, 0.25) is 0 Å². The monoisotopic (exact) mass is 447 g/mol. The van der Waals surface area contributed by atoms with E-state index in [2.05, 4.69) is 43.4 Å². The van der Waals surface area contributed by atoms with E-state index in [-0.39, 0.29) is 7.33 Å². The summed E-state index contributed by atoms with van der Waals surface area (Å²) in [5.41, 5.74) is 3.37. The van der Waals surface area contributed by atoms with E-state index in [0.717, 1.165) is 85.9 Å². The second kappa shape index (κ2) is 7.91. The van der Waals surface area contributed by atoms with Crippen LogP contribution in [-0.4, -0.2) is 56.4 Å². The molecule has 9 heteroatoms. The van der Waals surface area contributed by atoms with Crippen molar-refractivity contribution in [2.75, 3.05) is 30.0 Å². The second-order valence-electron chi connectivity index (χ2n) is 9.30. The molecule has 9 nitrogen and oxygen atoms in total. The maximum absolute atomic E-state index is 13.1. The molecule has 172 valence electrons. The summed E-state index contributed by atoms with van der Waals surface area (Å²) < 4.78 is 5.56. The van der Waals surface area contributed by atoms with Crippen LogP contribution in [0.15, 0.2) is 30.7 Å². The molecule has 3 aromatic rings. The Hall–Kier alpha value is -3.33. The van der Waals surface area contributed by atoms with Gasteiger partial charge in [0.1, 0.15) is 11.9 Å². The number of rotatable bonds is 4. The van der Waals surface area contributed by atoms with E-state index in [4.69, 9.17) is 9.72 Å². The van der Waals surface area contributed by atoms with Crippen LogP contribution in [-0.2, 0) is 9.53 Å². The first-order chi connectivity index (χ1) is 16.1. The predicted molar refractivity (Wildman–Crippen MR) is 126 cm³/mol. The molecule has 0 unspecified atom stereocenters. The van der Waals surface area contributed by atoms with Crippen LogP contribution in [0.4, 0.5) is 11.6 Å². The van der Waals surface area contributed by atoms with E-state index in [1.165, 1.54) is 6.33 Å². The van der Waals surface area contributed by atoms with E-state index >= 15 is 0 Å². The SMILES string of the molecule is Cc1cc(-c2ncn[nH]2)ccc1-c1cnc2c(n1)N(CC1CCOCC1)C1(CCC1)C(=O)N2.[HH]. The summed E-state index contributed by atoms with van der Waals surface area (Å²) >= 11 is 0. The number of hydrogen-bond acceptors (Lipinski definition) is 7. The number of amides is 1. The van der Waals surface area contributed by atoms with Gasteiger partial charge in [-0.2, -0.15) is 5.10 Å². The number of aromatic nitrogens is 5. The lowest BCUT2D eigenvalue weighted by atomic mass is 9.73. The Morgan fingerprint density at radius 1 is 1.24 bits per heavy atom. The fourth-order valence-electron chi connectivity index (χ4n) is 5.23. The van der Waals surface area contributed by atoms with Gasteiger partial charge in [-0.3, -0.25) is 9.89 Å². The molecular weight excluding hydrogens is 418 g/mol. The molecule has 1 aliphatic carbocycles. The van der Waals surface area contributed by atoms with Gasteiger partial charge in [0.15, 0.2) is 17.5 Å². The Kier molecular flexibility index (Phi) is 4.86. The highest BCUT2D eigenvalue weighted by Crippen LogP contribution is 2.47. The summed E-state index contributed by atoms with van der Waals surface area (Å²) in [7, 11) is 0. The van der Waals surface area contributed by atoms with Crippen molar-refractivity contribution in [3.63, 3.8) is 0 Å². The van der Waals surface area contributed by atoms with E-state index < -0.39 is 5.54 Å². The lowest BCUT2D eigenvalue weighted by Gasteiger charge is -2.52. The van der Waals surface area contributed by atoms with Gasteiger partial charge in [0.25, 0.3) is 5.91 Å². The fraction of sp³-hybridized carbons (Fsp3) is 0.458. The summed E-state index contributed by atoms with van der Waals surface area (Å²) in [6.07, 6.45) is 8.06. The highest BCUT2D eigenvalue weighted by atomic mass is 16.5. The molecule has 1 amide bonds. The van der Waals surface area contributed by atoms with Crippen molar-refractivity contribution in [3.8, 4) is 22.6 Å². The van der Waals surface area contributed by atoms with Gasteiger partial charge in [-0.25, -0.2) is 15.0 Å². The summed E-state index contributed by atoms with van der Waals surface area (Å²) in [6, 6.07) is 6.14. The van der Waals surface area contributed by atoms with Gasteiger partial charge >= 0.3 is 0 Å². The summed E-state index contributed by atoms with van der Waals surface area (Å²) in [5.74, 6) is 2.63. The van der Waals surface area contributed by atoms with Crippen molar-refractivity contribution in [3.05, 3.63) is 36.3 Å². The van der Waals surface area contributed by atoms with Crippen molar-refractivity contribution in [2.24, 2.45) is 5.92 Å². The molecular formula is C24H29N7O2. The molecule has 2 fully saturated rings. The van der Waals surface area contributed by atoms with Crippen LogP contribution in [0.1, 0.15) is 39.1 Å².